The van der Waals surface area contributed by atoms with Gasteiger partial charge in [0.15, 0.2) is 11.5 Å². The maximum absolute atomic E-state index is 13.5. The second kappa shape index (κ2) is 6.81. The van der Waals surface area contributed by atoms with Crippen LogP contribution >= 0.6 is 0 Å². The normalized spacial score (nSPS) is 29.2. The second-order valence-electron chi connectivity index (χ2n) is 8.33. The lowest BCUT2D eigenvalue weighted by Crippen LogP contribution is -2.53. The molecule has 0 aromatic heterocycles. The molecule has 4 atom stereocenters. The average molecular weight is 422 g/mol. The molecule has 3 heterocycles. The third kappa shape index (κ3) is 2.75. The first-order valence-corrected chi connectivity index (χ1v) is 10.2. The van der Waals surface area contributed by atoms with Gasteiger partial charge in [-0.15, -0.1) is 0 Å². The standard InChI is InChI=1S/C23H22N2O6/c1-12-5-3-4-6-14(12)25-20(26)17-18(21(25)27)23(2,22(28)29)24-19(17)13-7-8-15-16(11-13)31-10-9-30-15/h3-8,11,17-19,24H,9-10H2,1-2H3,(H,28,29). The van der Waals surface area contributed by atoms with Crippen molar-refractivity contribution in [1.82, 2.24) is 5.32 Å². The number of nitrogens with one attached hydrogen (secondary N) is 1. The van der Waals surface area contributed by atoms with Gasteiger partial charge in [-0.1, -0.05) is 24.3 Å². The highest BCUT2D eigenvalue weighted by Crippen LogP contribution is 2.50. The molecule has 0 aliphatic carbocycles. The van der Waals surface area contributed by atoms with E-state index in [1.807, 2.05) is 19.1 Å². The molecule has 2 saturated heterocycles. The summed E-state index contributed by atoms with van der Waals surface area (Å²) in [7, 11) is 0. The van der Waals surface area contributed by atoms with E-state index in [4.69, 9.17) is 9.47 Å². The van der Waals surface area contributed by atoms with Gasteiger partial charge in [0.2, 0.25) is 11.8 Å². The number of benzene rings is 2. The lowest BCUT2D eigenvalue weighted by molar-refractivity contribution is -0.147. The molecule has 0 radical (unpaired) electrons. The van der Waals surface area contributed by atoms with E-state index in [-0.39, 0.29) is 0 Å². The van der Waals surface area contributed by atoms with Crippen LogP contribution in [-0.2, 0) is 14.4 Å². The van der Waals surface area contributed by atoms with E-state index in [0.717, 1.165) is 10.5 Å². The summed E-state index contributed by atoms with van der Waals surface area (Å²) in [5, 5.41) is 13.1. The van der Waals surface area contributed by atoms with E-state index in [9.17, 15) is 19.5 Å². The summed E-state index contributed by atoms with van der Waals surface area (Å²) in [4.78, 5) is 40.4. The summed E-state index contributed by atoms with van der Waals surface area (Å²) in [6.45, 7) is 4.15. The van der Waals surface area contributed by atoms with Crippen LogP contribution in [0.2, 0.25) is 0 Å². The number of imide groups is 1. The van der Waals surface area contributed by atoms with E-state index < -0.39 is 41.2 Å². The van der Waals surface area contributed by atoms with Crippen LogP contribution in [0.1, 0.15) is 24.1 Å². The van der Waals surface area contributed by atoms with Crippen LogP contribution in [0.4, 0.5) is 5.69 Å². The second-order valence-corrected chi connectivity index (χ2v) is 8.33. The molecule has 4 unspecified atom stereocenters. The number of para-hydroxylation sites is 1. The summed E-state index contributed by atoms with van der Waals surface area (Å²) in [6.07, 6.45) is 0. The van der Waals surface area contributed by atoms with E-state index in [1.54, 1.807) is 30.3 Å². The zero-order valence-electron chi connectivity index (χ0n) is 17.1. The van der Waals surface area contributed by atoms with Crippen molar-refractivity contribution < 1.29 is 29.0 Å². The Morgan fingerprint density at radius 1 is 1.10 bits per heavy atom. The van der Waals surface area contributed by atoms with Crippen LogP contribution in [0, 0.1) is 18.8 Å². The first-order chi connectivity index (χ1) is 14.8. The molecule has 0 bridgehead atoms. The fraction of sp³-hybridized carbons (Fsp3) is 0.348. The number of ether oxygens (including phenoxy) is 2. The Kier molecular flexibility index (Phi) is 4.30. The minimum absolute atomic E-state index is 0.401. The summed E-state index contributed by atoms with van der Waals surface area (Å²) < 4.78 is 11.2. The van der Waals surface area contributed by atoms with Crippen LogP contribution in [0.15, 0.2) is 42.5 Å². The van der Waals surface area contributed by atoms with Crippen molar-refractivity contribution in [1.29, 1.82) is 0 Å². The highest BCUT2D eigenvalue weighted by atomic mass is 16.6. The molecule has 2 fully saturated rings. The molecule has 160 valence electrons. The molecule has 31 heavy (non-hydrogen) atoms. The highest BCUT2D eigenvalue weighted by Gasteiger charge is 2.67. The average Bonchev–Trinajstić information content (AvgIpc) is 3.22. The van der Waals surface area contributed by atoms with E-state index >= 15 is 0 Å². The number of aryl methyl sites for hydroxylation is 1. The predicted octanol–water partition coefficient (Wildman–Crippen LogP) is 2.06. The zero-order valence-corrected chi connectivity index (χ0v) is 17.1. The largest absolute Gasteiger partial charge is 0.486 e. The van der Waals surface area contributed by atoms with Crippen molar-refractivity contribution in [3.05, 3.63) is 53.6 Å². The van der Waals surface area contributed by atoms with Crippen molar-refractivity contribution in [2.75, 3.05) is 18.1 Å². The summed E-state index contributed by atoms with van der Waals surface area (Å²) >= 11 is 0. The van der Waals surface area contributed by atoms with Crippen molar-refractivity contribution in [3.63, 3.8) is 0 Å². The van der Waals surface area contributed by atoms with Gasteiger partial charge in [-0.25, -0.2) is 4.90 Å². The van der Waals surface area contributed by atoms with E-state index in [1.165, 1.54) is 6.92 Å². The van der Waals surface area contributed by atoms with Crippen molar-refractivity contribution in [3.8, 4) is 11.5 Å². The number of carboxylic acid groups (broad SMARTS) is 1. The summed E-state index contributed by atoms with van der Waals surface area (Å²) in [5.41, 5.74) is 0.342. The van der Waals surface area contributed by atoms with Gasteiger partial charge in [-0.2, -0.15) is 0 Å². The van der Waals surface area contributed by atoms with E-state index in [0.29, 0.717) is 36.0 Å². The molecular weight excluding hydrogens is 400 g/mol. The Bertz CT molecular complexity index is 1110. The number of carboxylic acids is 1. The molecule has 2 amide bonds. The van der Waals surface area contributed by atoms with Gasteiger partial charge in [-0.05, 0) is 43.2 Å². The first-order valence-electron chi connectivity index (χ1n) is 10.2. The topological polar surface area (TPSA) is 105 Å². The molecule has 3 aliphatic heterocycles. The van der Waals surface area contributed by atoms with Crippen LogP contribution in [0.3, 0.4) is 0 Å². The maximum atomic E-state index is 13.5. The Balaban J connectivity index is 1.61. The fourth-order valence-electron chi connectivity index (χ4n) is 4.93. The van der Waals surface area contributed by atoms with Crippen molar-refractivity contribution in [2.45, 2.75) is 25.4 Å². The summed E-state index contributed by atoms with van der Waals surface area (Å²) in [5.74, 6) is -2.82. The number of amides is 2. The summed E-state index contributed by atoms with van der Waals surface area (Å²) in [6, 6.07) is 11.7. The number of rotatable bonds is 3. The zero-order chi connectivity index (χ0) is 21.9. The number of fused-ring (bicyclic) bond motifs is 2. The highest BCUT2D eigenvalue weighted by molar-refractivity contribution is 6.24. The Labute approximate surface area is 178 Å². The number of hydrogen-bond acceptors (Lipinski definition) is 6. The molecule has 2 N–H and O–H groups in total. The van der Waals surface area contributed by atoms with Crippen LogP contribution in [-0.4, -0.2) is 41.6 Å². The van der Waals surface area contributed by atoms with Crippen LogP contribution in [0.25, 0.3) is 0 Å². The molecule has 8 nitrogen and oxygen atoms in total. The quantitative estimate of drug-likeness (QED) is 0.730. The van der Waals surface area contributed by atoms with Gasteiger partial charge in [0.25, 0.3) is 0 Å². The van der Waals surface area contributed by atoms with Gasteiger partial charge in [0.05, 0.1) is 17.5 Å². The minimum Gasteiger partial charge on any atom is -0.486 e. The number of hydrogen-bond donors (Lipinski definition) is 2. The van der Waals surface area contributed by atoms with Crippen LogP contribution in [0.5, 0.6) is 11.5 Å². The van der Waals surface area contributed by atoms with E-state index in [2.05, 4.69) is 5.32 Å². The molecule has 3 aliphatic rings. The van der Waals surface area contributed by atoms with Crippen LogP contribution < -0.4 is 19.7 Å². The monoisotopic (exact) mass is 422 g/mol. The lowest BCUT2D eigenvalue weighted by Gasteiger charge is -2.28. The number of carbonyl (C=O) groups excluding carboxylic acids is 2. The minimum atomic E-state index is -1.59. The fourth-order valence-corrected chi connectivity index (χ4v) is 4.93. The number of carbonyl (C=O) groups is 3. The molecule has 0 saturated carbocycles. The Hall–Kier alpha value is -3.39. The molecule has 2 aromatic carbocycles. The van der Waals surface area contributed by atoms with Gasteiger partial charge in [0, 0.05) is 6.04 Å². The Morgan fingerprint density at radius 2 is 1.81 bits per heavy atom. The van der Waals surface area contributed by atoms with Crippen molar-refractivity contribution in [2.24, 2.45) is 11.8 Å². The lowest BCUT2D eigenvalue weighted by atomic mass is 9.80. The maximum Gasteiger partial charge on any atom is 0.324 e. The third-order valence-corrected chi connectivity index (χ3v) is 6.51. The predicted molar refractivity (Wildman–Crippen MR) is 110 cm³/mol. The van der Waals surface area contributed by atoms with Crippen molar-refractivity contribution >= 4 is 23.5 Å². The SMILES string of the molecule is Cc1ccccc1N1C(=O)C2C(c3ccc4c(c3)OCCO4)NC(C)(C(=O)O)C2C1=O. The Morgan fingerprint density at radius 3 is 2.52 bits per heavy atom. The first kappa shape index (κ1) is 19.6. The molecule has 5 rings (SSSR count). The number of anilines is 1. The molecule has 8 heteroatoms. The van der Waals surface area contributed by atoms with Gasteiger partial charge >= 0.3 is 5.97 Å². The molecular formula is C23H22N2O6. The molecule has 2 aromatic rings. The smallest absolute Gasteiger partial charge is 0.324 e. The van der Waals surface area contributed by atoms with Gasteiger partial charge < -0.3 is 14.6 Å². The van der Waals surface area contributed by atoms with Gasteiger partial charge in [0.1, 0.15) is 18.8 Å². The van der Waals surface area contributed by atoms with Gasteiger partial charge in [-0.3, -0.25) is 19.7 Å². The molecule has 0 spiro atoms. The number of nitrogens with zero attached hydrogens (tertiary/aromatic N) is 1. The number of aliphatic carboxylic acids is 1. The third-order valence-electron chi connectivity index (χ3n) is 6.51.